The maximum absolute atomic E-state index is 14.7. The highest BCUT2D eigenvalue weighted by Gasteiger charge is 2.62. The van der Waals surface area contributed by atoms with Gasteiger partial charge in [0.05, 0.1) is 33.3 Å². The van der Waals surface area contributed by atoms with Gasteiger partial charge in [-0.15, -0.1) is 0 Å². The molecule has 7 rings (SSSR count). The molecule has 7 unspecified atom stereocenters. The third-order valence-corrected chi connectivity index (χ3v) is 13.6. The summed E-state index contributed by atoms with van der Waals surface area (Å²) in [5, 5.41) is 18.0. The van der Waals surface area contributed by atoms with Crippen LogP contribution in [0.1, 0.15) is 103 Å². The van der Waals surface area contributed by atoms with Crippen molar-refractivity contribution in [3.8, 4) is 5.75 Å². The molecular formula is C39H49ClF3N5O7S. The van der Waals surface area contributed by atoms with Gasteiger partial charge >= 0.3 is 12.3 Å². The lowest BCUT2D eigenvalue weighted by Gasteiger charge is -2.37. The van der Waals surface area contributed by atoms with Crippen LogP contribution >= 0.6 is 11.6 Å². The minimum Gasteiger partial charge on any atom is -0.483 e. The van der Waals surface area contributed by atoms with Crippen LogP contribution < -0.4 is 20.1 Å². The van der Waals surface area contributed by atoms with Crippen LogP contribution in [-0.4, -0.2) is 83.5 Å². The second-order valence-electron chi connectivity index (χ2n) is 17.2. The fraction of sp³-hybridized carbons (Fsp3) is 0.641. The molecule has 1 aromatic heterocycles. The Bertz CT molecular complexity index is 1970. The number of benzene rings is 1. The lowest BCUT2D eigenvalue weighted by Crippen LogP contribution is -2.59. The van der Waals surface area contributed by atoms with Crippen molar-refractivity contribution in [2.75, 3.05) is 6.54 Å². The minimum absolute atomic E-state index is 0.104. The zero-order chi connectivity index (χ0) is 40.4. The SMILES string of the molecule is CC(C)(C)OC(=O)NC1CCCCCC=CC2CC2(C(O)NS(=O)C2(C)CC2)NC(=O)C2CC3(CCc4c(c(C(F)(F)F)nc5ccc(Cl)cc45)O3)CN2C1=O. The summed E-state index contributed by atoms with van der Waals surface area (Å²) in [4.78, 5) is 47.6. The van der Waals surface area contributed by atoms with Crippen LogP contribution in [0.5, 0.6) is 5.75 Å². The van der Waals surface area contributed by atoms with Gasteiger partial charge in [0.15, 0.2) is 11.4 Å². The van der Waals surface area contributed by atoms with E-state index in [9.17, 15) is 36.9 Å². The molecule has 56 heavy (non-hydrogen) atoms. The molecule has 1 spiro atoms. The number of hydrogen-bond donors (Lipinski definition) is 4. The van der Waals surface area contributed by atoms with E-state index in [-0.39, 0.29) is 49.2 Å². The first-order valence-corrected chi connectivity index (χ1v) is 20.8. The molecule has 4 heterocycles. The van der Waals surface area contributed by atoms with Crippen LogP contribution in [0.4, 0.5) is 18.0 Å². The Labute approximate surface area is 331 Å². The molecule has 2 saturated carbocycles. The summed E-state index contributed by atoms with van der Waals surface area (Å²) in [7, 11) is -1.60. The molecule has 3 fully saturated rings. The number of aliphatic hydroxyl groups excluding tert-OH is 1. The van der Waals surface area contributed by atoms with E-state index in [1.54, 1.807) is 26.8 Å². The number of amides is 3. The molecular weight excluding hydrogens is 775 g/mol. The van der Waals surface area contributed by atoms with E-state index in [0.29, 0.717) is 29.7 Å². The van der Waals surface area contributed by atoms with Gasteiger partial charge in [-0.2, -0.15) is 13.2 Å². The number of carbonyl (C=O) groups is 3. The van der Waals surface area contributed by atoms with Crippen molar-refractivity contribution >= 4 is 51.4 Å². The molecule has 12 nitrogen and oxygen atoms in total. The number of aromatic nitrogens is 1. The number of fused-ring (bicyclic) bond motifs is 5. The molecule has 3 aliphatic heterocycles. The van der Waals surface area contributed by atoms with E-state index in [1.807, 2.05) is 19.1 Å². The molecule has 0 radical (unpaired) electrons. The van der Waals surface area contributed by atoms with E-state index < -0.39 is 86.3 Å². The quantitative estimate of drug-likeness (QED) is 0.212. The Hall–Kier alpha value is -3.47. The number of aryl methyl sites for hydroxylation is 1. The van der Waals surface area contributed by atoms with Crippen LogP contribution in [0.15, 0.2) is 30.4 Å². The highest BCUT2D eigenvalue weighted by molar-refractivity contribution is 7.84. The Kier molecular flexibility index (Phi) is 10.7. The van der Waals surface area contributed by atoms with Gasteiger partial charge in [0, 0.05) is 28.3 Å². The number of nitrogens with zero attached hydrogens (tertiary/aromatic N) is 2. The second-order valence-corrected chi connectivity index (χ2v) is 19.4. The average Bonchev–Trinajstić information content (AvgIpc) is 3.99. The normalized spacial score (nSPS) is 30.2. The number of alkyl halides is 3. The van der Waals surface area contributed by atoms with E-state index >= 15 is 0 Å². The molecule has 2 aliphatic carbocycles. The predicted molar refractivity (Wildman–Crippen MR) is 203 cm³/mol. The summed E-state index contributed by atoms with van der Waals surface area (Å²) in [6.07, 6.45) is 1.61. The van der Waals surface area contributed by atoms with Crippen molar-refractivity contribution in [2.24, 2.45) is 5.92 Å². The molecule has 5 aliphatic rings. The summed E-state index contributed by atoms with van der Waals surface area (Å²) in [5.74, 6) is -2.06. The lowest BCUT2D eigenvalue weighted by atomic mass is 9.87. The standard InChI is InChI=1S/C39H49ClF3N5O7S/c1-35(2,3)55-34(52)45-27-11-9-7-5-6-8-10-22-19-38(22,33(51)47-56(53)36(4)16-17-36)46-31(49)28-20-37(21-48(28)32(27)50)15-14-24-25-18-23(40)12-13-26(25)44-30(29(24)54-37)39(41,42)43/h8,10,12-13,18,22,27-28,33,47,51H,5-7,9,11,14-17,19-21H2,1-4H3,(H,45,52)(H,46,49). The molecule has 2 aromatic rings. The highest BCUT2D eigenvalue weighted by Crippen LogP contribution is 2.51. The number of alkyl carbamates (subject to hydrolysis) is 1. The van der Waals surface area contributed by atoms with Crippen molar-refractivity contribution in [3.05, 3.63) is 46.6 Å². The van der Waals surface area contributed by atoms with E-state index in [1.165, 1.54) is 17.0 Å². The number of ether oxygens (including phenoxy) is 2. The smallest absolute Gasteiger partial charge is 0.437 e. The first-order chi connectivity index (χ1) is 26.2. The Morgan fingerprint density at radius 2 is 1.91 bits per heavy atom. The summed E-state index contributed by atoms with van der Waals surface area (Å²) in [5.41, 5.74) is -4.42. The fourth-order valence-corrected chi connectivity index (χ4v) is 9.52. The minimum atomic E-state index is -4.89. The molecule has 0 bridgehead atoms. The van der Waals surface area contributed by atoms with Crippen molar-refractivity contribution in [2.45, 2.75) is 144 Å². The van der Waals surface area contributed by atoms with E-state index in [2.05, 4.69) is 20.3 Å². The number of hydrogen-bond acceptors (Lipinski definition) is 8. The van der Waals surface area contributed by atoms with Gasteiger partial charge in [-0.1, -0.05) is 36.6 Å². The number of nitrogens with one attached hydrogen (secondary N) is 3. The third-order valence-electron chi connectivity index (χ3n) is 11.7. The number of pyridine rings is 1. The summed E-state index contributed by atoms with van der Waals surface area (Å²) >= 11 is 6.26. The summed E-state index contributed by atoms with van der Waals surface area (Å²) in [6, 6.07) is 2.04. The van der Waals surface area contributed by atoms with Gasteiger partial charge in [0.2, 0.25) is 11.8 Å². The molecule has 4 N–H and O–H groups in total. The zero-order valence-electron chi connectivity index (χ0n) is 31.9. The third kappa shape index (κ3) is 8.26. The first-order valence-electron chi connectivity index (χ1n) is 19.3. The van der Waals surface area contributed by atoms with Crippen molar-refractivity contribution < 1.29 is 46.3 Å². The van der Waals surface area contributed by atoms with Crippen LogP contribution in [0.2, 0.25) is 5.02 Å². The van der Waals surface area contributed by atoms with Gasteiger partial charge in [0.1, 0.15) is 29.5 Å². The summed E-state index contributed by atoms with van der Waals surface area (Å²) < 4.78 is 71.4. The number of halogens is 4. The fourth-order valence-electron chi connectivity index (χ4n) is 8.17. The monoisotopic (exact) mass is 823 g/mol. The molecule has 3 amide bonds. The lowest BCUT2D eigenvalue weighted by molar-refractivity contribution is -0.144. The van der Waals surface area contributed by atoms with Gasteiger partial charge < -0.3 is 30.1 Å². The topological polar surface area (TPSA) is 159 Å². The van der Waals surface area contributed by atoms with Crippen molar-refractivity contribution in [1.82, 2.24) is 25.2 Å². The van der Waals surface area contributed by atoms with Crippen molar-refractivity contribution in [3.63, 3.8) is 0 Å². The van der Waals surface area contributed by atoms with Gasteiger partial charge in [0.25, 0.3) is 0 Å². The number of carbonyl (C=O) groups excluding carboxylic acids is 3. The summed E-state index contributed by atoms with van der Waals surface area (Å²) in [6.45, 7) is 6.65. The molecule has 1 saturated heterocycles. The molecule has 7 atom stereocenters. The van der Waals surface area contributed by atoms with Crippen molar-refractivity contribution in [1.29, 1.82) is 0 Å². The molecule has 306 valence electrons. The predicted octanol–water partition coefficient (Wildman–Crippen LogP) is 5.98. The zero-order valence-corrected chi connectivity index (χ0v) is 33.5. The Balaban J connectivity index is 1.26. The van der Waals surface area contributed by atoms with Gasteiger partial charge in [-0.25, -0.2) is 18.7 Å². The number of allylic oxidation sites excluding steroid dienone is 1. The van der Waals surface area contributed by atoms with E-state index in [0.717, 1.165) is 25.7 Å². The first kappa shape index (κ1) is 40.7. The maximum Gasteiger partial charge on any atom is 0.437 e. The molecule has 17 heteroatoms. The van der Waals surface area contributed by atoms with Crippen LogP contribution in [0.3, 0.4) is 0 Å². The second kappa shape index (κ2) is 14.7. The largest absolute Gasteiger partial charge is 0.483 e. The van der Waals surface area contributed by atoms with Crippen LogP contribution in [0.25, 0.3) is 10.9 Å². The van der Waals surface area contributed by atoms with Gasteiger partial charge in [-0.05, 0) is 97.3 Å². The maximum atomic E-state index is 14.7. The average molecular weight is 824 g/mol. The highest BCUT2D eigenvalue weighted by atomic mass is 35.5. The Morgan fingerprint density at radius 1 is 1.16 bits per heavy atom. The number of aliphatic hydroxyl groups is 1. The molecule has 1 aromatic carbocycles. The number of rotatable bonds is 5. The van der Waals surface area contributed by atoms with Gasteiger partial charge in [-0.3, -0.25) is 9.59 Å². The van der Waals surface area contributed by atoms with Crippen LogP contribution in [-0.2, 0) is 37.9 Å². The van der Waals surface area contributed by atoms with Crippen LogP contribution in [0, 0.1) is 5.92 Å². The Morgan fingerprint density at radius 3 is 2.61 bits per heavy atom. The van der Waals surface area contributed by atoms with E-state index in [4.69, 9.17) is 21.1 Å².